The molecule has 3 fully saturated rings. The number of fused-ring (bicyclic) bond motifs is 1. The Balaban J connectivity index is 0.746. The van der Waals surface area contributed by atoms with E-state index < -0.39 is 5.60 Å². The van der Waals surface area contributed by atoms with E-state index in [1.54, 1.807) is 48.3 Å². The van der Waals surface area contributed by atoms with Crippen molar-refractivity contribution in [1.82, 2.24) is 25.1 Å². The van der Waals surface area contributed by atoms with Gasteiger partial charge < -0.3 is 43.8 Å². The van der Waals surface area contributed by atoms with Crippen LogP contribution in [0.2, 0.25) is 5.02 Å². The number of hydrogen-bond acceptors (Lipinski definition) is 11. The molecule has 15 heteroatoms. The number of aromatic nitrogens is 4. The molecular formula is C47H46ClN7O7. The SMILES string of the molecule is Cn1cc(-c2cc(C3(O)COC3)ccc2Oc2ccc(OCC3CCN(c4ccc(C(=O)N[C@H]5CC[C@H](Oc6ccc(C#N)c(Cl)c6)CC5)nn4)CC3)cc2)c2cc[nH]c2c1=O. The lowest BCUT2D eigenvalue weighted by Gasteiger charge is -2.37. The van der Waals surface area contributed by atoms with Crippen LogP contribution in [-0.4, -0.2) is 75.8 Å². The number of aliphatic hydroxyl groups is 1. The van der Waals surface area contributed by atoms with E-state index in [0.717, 1.165) is 85.3 Å². The zero-order valence-corrected chi connectivity index (χ0v) is 34.9. The van der Waals surface area contributed by atoms with E-state index in [1.807, 2.05) is 54.6 Å². The summed E-state index contributed by atoms with van der Waals surface area (Å²) < 4.78 is 25.6. The smallest absolute Gasteiger partial charge is 0.274 e. The average molecular weight is 856 g/mol. The number of amides is 1. The molecule has 2 saturated heterocycles. The zero-order valence-electron chi connectivity index (χ0n) is 34.2. The molecule has 3 N–H and O–H groups in total. The van der Waals surface area contributed by atoms with Gasteiger partial charge in [-0.2, -0.15) is 5.26 Å². The molecule has 5 heterocycles. The Morgan fingerprint density at radius 3 is 2.40 bits per heavy atom. The number of piperidine rings is 1. The third-order valence-electron chi connectivity index (χ3n) is 12.1. The maximum Gasteiger partial charge on any atom is 0.274 e. The Morgan fingerprint density at radius 2 is 1.71 bits per heavy atom. The summed E-state index contributed by atoms with van der Waals surface area (Å²) in [6.45, 7) is 2.61. The maximum absolute atomic E-state index is 13.0. The van der Waals surface area contributed by atoms with Gasteiger partial charge in [0.05, 0.1) is 36.5 Å². The number of aromatic amines is 1. The molecule has 318 valence electrons. The number of ether oxygens (including phenoxy) is 4. The van der Waals surface area contributed by atoms with Crippen molar-refractivity contribution in [2.75, 3.05) is 37.8 Å². The molecule has 0 radical (unpaired) electrons. The fraction of sp³-hybridized carbons (Fsp3) is 0.340. The first-order chi connectivity index (χ1) is 30.1. The van der Waals surface area contributed by atoms with Gasteiger partial charge >= 0.3 is 0 Å². The lowest BCUT2D eigenvalue weighted by Crippen LogP contribution is -2.46. The number of H-pyrrole nitrogens is 1. The minimum Gasteiger partial charge on any atom is -0.493 e. The number of carbonyl (C=O) groups is 1. The van der Waals surface area contributed by atoms with E-state index in [4.69, 9.17) is 35.8 Å². The van der Waals surface area contributed by atoms with Gasteiger partial charge in [-0.25, -0.2) is 0 Å². The fourth-order valence-corrected chi connectivity index (χ4v) is 8.60. The molecular weight excluding hydrogens is 810 g/mol. The van der Waals surface area contributed by atoms with Gasteiger partial charge in [0, 0.05) is 61.2 Å². The first-order valence-electron chi connectivity index (χ1n) is 20.9. The molecule has 0 unspecified atom stereocenters. The Hall–Kier alpha value is -6.40. The normalized spacial score (nSPS) is 18.7. The van der Waals surface area contributed by atoms with Crippen LogP contribution in [0.5, 0.6) is 23.0 Å². The van der Waals surface area contributed by atoms with Crippen molar-refractivity contribution in [3.63, 3.8) is 0 Å². The number of nitrogens with zero attached hydrogens (tertiary/aromatic N) is 5. The standard InChI is InChI=1S/C47H46ClN7O7/c1-54-25-39(37-16-19-50-44(37)46(54)57)38-22-31(47(58)27-59-28-47)3-14-42(38)62-35-11-9-33(10-12-35)60-26-29-17-20-55(21-18-29)43-15-13-41(52-53-43)45(56)51-32-4-7-34(8-5-32)61-36-6-2-30(24-49)40(48)23-36/h2-3,6,9-16,19,22-23,25,29,32,34,50,58H,4-5,7-8,17-18,20-21,26-28H2,1H3,(H,51,56)/t32-,34-. The zero-order chi connectivity index (χ0) is 42.8. The van der Waals surface area contributed by atoms with E-state index in [-0.39, 0.29) is 36.8 Å². The van der Waals surface area contributed by atoms with Gasteiger partial charge in [0.25, 0.3) is 11.5 Å². The summed E-state index contributed by atoms with van der Waals surface area (Å²) in [4.78, 5) is 31.1. The number of halogens is 1. The summed E-state index contributed by atoms with van der Waals surface area (Å²) >= 11 is 6.15. The van der Waals surface area contributed by atoms with Crippen LogP contribution in [0.4, 0.5) is 5.82 Å². The molecule has 3 aliphatic rings. The Labute approximate surface area is 363 Å². The minimum atomic E-state index is -1.08. The molecule has 1 aliphatic carbocycles. The summed E-state index contributed by atoms with van der Waals surface area (Å²) in [5, 5.41) is 33.1. The summed E-state index contributed by atoms with van der Waals surface area (Å²) in [6, 6.07) is 25.8. The molecule has 3 aromatic heterocycles. The molecule has 62 heavy (non-hydrogen) atoms. The molecule has 14 nitrogen and oxygen atoms in total. The summed E-state index contributed by atoms with van der Waals surface area (Å²) in [5.74, 6) is 3.45. The predicted octanol–water partition coefficient (Wildman–Crippen LogP) is 7.27. The van der Waals surface area contributed by atoms with Crippen LogP contribution >= 0.6 is 11.6 Å². The van der Waals surface area contributed by atoms with Gasteiger partial charge in [0.2, 0.25) is 0 Å². The average Bonchev–Trinajstić information content (AvgIpc) is 3.78. The summed E-state index contributed by atoms with van der Waals surface area (Å²) in [7, 11) is 1.72. The molecule has 0 bridgehead atoms. The van der Waals surface area contributed by atoms with Crippen molar-refractivity contribution in [3.8, 4) is 40.2 Å². The van der Waals surface area contributed by atoms with Gasteiger partial charge in [-0.15, -0.1) is 10.2 Å². The van der Waals surface area contributed by atoms with Crippen LogP contribution in [0.3, 0.4) is 0 Å². The van der Waals surface area contributed by atoms with Crippen molar-refractivity contribution in [2.45, 2.75) is 56.3 Å². The number of hydrogen-bond donors (Lipinski definition) is 3. The fourth-order valence-electron chi connectivity index (χ4n) is 8.39. The van der Waals surface area contributed by atoms with Crippen molar-refractivity contribution < 1.29 is 28.8 Å². The second-order valence-corrected chi connectivity index (χ2v) is 16.8. The van der Waals surface area contributed by atoms with E-state index in [0.29, 0.717) is 51.6 Å². The number of pyridine rings is 1. The number of nitrogens with one attached hydrogen (secondary N) is 2. The van der Waals surface area contributed by atoms with Gasteiger partial charge in [0.15, 0.2) is 11.5 Å². The van der Waals surface area contributed by atoms with Crippen molar-refractivity contribution in [3.05, 3.63) is 123 Å². The van der Waals surface area contributed by atoms with E-state index in [2.05, 4.69) is 31.5 Å². The highest BCUT2D eigenvalue weighted by Gasteiger charge is 2.38. The number of carbonyl (C=O) groups excluding carboxylic acids is 1. The van der Waals surface area contributed by atoms with Crippen molar-refractivity contribution >= 4 is 34.2 Å². The van der Waals surface area contributed by atoms with Gasteiger partial charge in [0.1, 0.15) is 40.2 Å². The summed E-state index contributed by atoms with van der Waals surface area (Å²) in [6.07, 6.45) is 8.55. The van der Waals surface area contributed by atoms with Crippen LogP contribution < -0.4 is 30.0 Å². The number of aryl methyl sites for hydroxylation is 1. The monoisotopic (exact) mass is 855 g/mol. The van der Waals surface area contributed by atoms with E-state index in [9.17, 15) is 14.7 Å². The molecule has 0 spiro atoms. The second-order valence-electron chi connectivity index (χ2n) is 16.4. The van der Waals surface area contributed by atoms with Crippen LogP contribution in [0, 0.1) is 17.2 Å². The van der Waals surface area contributed by atoms with Crippen LogP contribution in [-0.2, 0) is 17.4 Å². The Bertz CT molecular complexity index is 2680. The highest BCUT2D eigenvalue weighted by atomic mass is 35.5. The largest absolute Gasteiger partial charge is 0.493 e. The predicted molar refractivity (Wildman–Crippen MR) is 233 cm³/mol. The quantitative estimate of drug-likeness (QED) is 0.113. The third-order valence-corrected chi connectivity index (χ3v) is 12.4. The van der Waals surface area contributed by atoms with Crippen LogP contribution in [0.1, 0.15) is 60.1 Å². The lowest BCUT2D eigenvalue weighted by atomic mass is 9.89. The van der Waals surface area contributed by atoms with Crippen molar-refractivity contribution in [2.24, 2.45) is 13.0 Å². The number of anilines is 1. The molecule has 0 atom stereocenters. The van der Waals surface area contributed by atoms with Gasteiger partial charge in [-0.05, 0) is 117 Å². The summed E-state index contributed by atoms with van der Waals surface area (Å²) in [5.41, 5.74) is 2.25. The van der Waals surface area contributed by atoms with Gasteiger partial charge in [-0.1, -0.05) is 17.7 Å². The second kappa shape index (κ2) is 17.5. The van der Waals surface area contributed by atoms with Crippen LogP contribution in [0.15, 0.2) is 96.1 Å². The molecule has 9 rings (SSSR count). The topological polar surface area (TPSA) is 177 Å². The highest BCUT2D eigenvalue weighted by molar-refractivity contribution is 6.31. The lowest BCUT2D eigenvalue weighted by molar-refractivity contribution is -0.184. The molecule has 2 aliphatic heterocycles. The first-order valence-corrected chi connectivity index (χ1v) is 21.3. The number of nitriles is 1. The van der Waals surface area contributed by atoms with E-state index >= 15 is 0 Å². The van der Waals surface area contributed by atoms with Gasteiger partial charge in [-0.3, -0.25) is 9.59 Å². The van der Waals surface area contributed by atoms with E-state index in [1.165, 1.54) is 0 Å². The molecule has 1 saturated carbocycles. The number of benzene rings is 3. The highest BCUT2D eigenvalue weighted by Crippen LogP contribution is 2.41. The molecule has 3 aromatic carbocycles. The minimum absolute atomic E-state index is 0.0164. The molecule has 6 aromatic rings. The maximum atomic E-state index is 13.0. The Kier molecular flexibility index (Phi) is 11.6. The third kappa shape index (κ3) is 8.69. The molecule has 1 amide bonds. The van der Waals surface area contributed by atoms with Crippen LogP contribution in [0.25, 0.3) is 22.0 Å². The Morgan fingerprint density at radius 1 is 0.952 bits per heavy atom. The number of rotatable bonds is 12. The van der Waals surface area contributed by atoms with Crippen molar-refractivity contribution in [1.29, 1.82) is 5.26 Å². The first kappa shape index (κ1) is 41.0.